The molecule has 0 radical (unpaired) electrons. The molecule has 0 spiro atoms. The first kappa shape index (κ1) is 15.0. The molecule has 0 saturated heterocycles. The van der Waals surface area contributed by atoms with Gasteiger partial charge in [0, 0.05) is 17.6 Å². The lowest BCUT2D eigenvalue weighted by Gasteiger charge is -2.23. The van der Waals surface area contributed by atoms with E-state index in [-0.39, 0.29) is 0 Å². The van der Waals surface area contributed by atoms with Crippen molar-refractivity contribution in [1.82, 2.24) is 5.32 Å². The van der Waals surface area contributed by atoms with Crippen LogP contribution in [0.4, 0.5) is 0 Å². The van der Waals surface area contributed by atoms with Crippen LogP contribution in [0.5, 0.6) is 5.75 Å². The van der Waals surface area contributed by atoms with E-state index in [1.807, 2.05) is 19.1 Å². The van der Waals surface area contributed by atoms with Gasteiger partial charge in [0.15, 0.2) is 0 Å². The number of hydrogen-bond acceptors (Lipinski definition) is 2. The van der Waals surface area contributed by atoms with Gasteiger partial charge in [0.1, 0.15) is 5.75 Å². The molecule has 1 aromatic rings. The largest absolute Gasteiger partial charge is 0.494 e. The van der Waals surface area contributed by atoms with Gasteiger partial charge in [-0.05, 0) is 39.2 Å². The van der Waals surface area contributed by atoms with E-state index < -0.39 is 0 Å². The summed E-state index contributed by atoms with van der Waals surface area (Å²) in [5.41, 5.74) is 1.25. The lowest BCUT2D eigenvalue weighted by atomic mass is 10.0. The van der Waals surface area contributed by atoms with Crippen LogP contribution in [-0.4, -0.2) is 12.6 Å². The first-order valence-electron chi connectivity index (χ1n) is 7.02. The molecule has 0 aromatic heterocycles. The minimum absolute atomic E-state index is 0.321. The van der Waals surface area contributed by atoms with Gasteiger partial charge in [0.05, 0.1) is 6.61 Å². The van der Waals surface area contributed by atoms with Crippen LogP contribution in [-0.2, 0) is 0 Å². The maximum Gasteiger partial charge on any atom is 0.124 e. The second kappa shape index (κ2) is 7.42. The van der Waals surface area contributed by atoms with Crippen molar-refractivity contribution in [3.05, 3.63) is 29.8 Å². The molecular formula is C16H27NO. The number of ether oxygens (including phenoxy) is 1. The third kappa shape index (κ3) is 4.69. The highest BCUT2D eigenvalue weighted by Crippen LogP contribution is 2.25. The molecule has 0 aliphatic heterocycles. The third-order valence-corrected chi connectivity index (χ3v) is 3.04. The van der Waals surface area contributed by atoms with E-state index in [9.17, 15) is 0 Å². The van der Waals surface area contributed by atoms with E-state index >= 15 is 0 Å². The second-order valence-corrected chi connectivity index (χ2v) is 5.39. The molecule has 0 aliphatic carbocycles. The number of benzene rings is 1. The van der Waals surface area contributed by atoms with Crippen LogP contribution in [0.15, 0.2) is 24.3 Å². The average Bonchev–Trinajstić information content (AvgIpc) is 2.28. The van der Waals surface area contributed by atoms with E-state index in [1.165, 1.54) is 12.0 Å². The van der Waals surface area contributed by atoms with E-state index in [0.717, 1.165) is 11.7 Å². The van der Waals surface area contributed by atoms with Gasteiger partial charge < -0.3 is 10.1 Å². The Morgan fingerprint density at radius 1 is 1.11 bits per heavy atom. The normalized spacial score (nSPS) is 14.6. The fourth-order valence-electron chi connectivity index (χ4n) is 2.42. The van der Waals surface area contributed by atoms with Gasteiger partial charge in [-0.25, -0.2) is 0 Å². The van der Waals surface area contributed by atoms with Crippen LogP contribution in [0, 0.1) is 5.92 Å². The first-order valence-corrected chi connectivity index (χ1v) is 7.02. The van der Waals surface area contributed by atoms with Crippen molar-refractivity contribution >= 4 is 0 Å². The Kier molecular flexibility index (Phi) is 6.20. The summed E-state index contributed by atoms with van der Waals surface area (Å²) in [6.07, 6.45) is 1.20. The molecule has 0 heterocycles. The van der Waals surface area contributed by atoms with Crippen molar-refractivity contribution in [3.8, 4) is 5.75 Å². The van der Waals surface area contributed by atoms with E-state index in [1.54, 1.807) is 0 Å². The summed E-state index contributed by atoms with van der Waals surface area (Å²) in [6.45, 7) is 11.7. The number of nitrogens with one attached hydrogen (secondary N) is 1. The molecule has 102 valence electrons. The highest BCUT2D eigenvalue weighted by Gasteiger charge is 2.14. The Bertz CT molecular complexity index is 349. The standard InChI is InChI=1S/C16H27NO/c1-6-18-16-10-8-7-9-15(16)14(5)17-13(4)11-12(2)3/h7-10,12-14,17H,6,11H2,1-5H3. The Labute approximate surface area is 112 Å². The Balaban J connectivity index is 2.68. The van der Waals surface area contributed by atoms with Crippen molar-refractivity contribution in [2.75, 3.05) is 6.61 Å². The molecule has 18 heavy (non-hydrogen) atoms. The van der Waals surface area contributed by atoms with Gasteiger partial charge in [-0.15, -0.1) is 0 Å². The van der Waals surface area contributed by atoms with Crippen LogP contribution < -0.4 is 10.1 Å². The summed E-state index contributed by atoms with van der Waals surface area (Å²) in [6, 6.07) is 9.13. The summed E-state index contributed by atoms with van der Waals surface area (Å²) in [5, 5.41) is 3.65. The van der Waals surface area contributed by atoms with Crippen LogP contribution in [0.25, 0.3) is 0 Å². The number of hydrogen-bond donors (Lipinski definition) is 1. The van der Waals surface area contributed by atoms with Gasteiger partial charge in [-0.1, -0.05) is 32.0 Å². The predicted molar refractivity (Wildman–Crippen MR) is 78.1 cm³/mol. The van der Waals surface area contributed by atoms with Crippen molar-refractivity contribution in [2.45, 2.75) is 53.1 Å². The molecule has 0 fully saturated rings. The topological polar surface area (TPSA) is 21.3 Å². The Morgan fingerprint density at radius 3 is 2.39 bits per heavy atom. The minimum atomic E-state index is 0.321. The summed E-state index contributed by atoms with van der Waals surface area (Å²) in [4.78, 5) is 0. The molecule has 2 unspecified atom stereocenters. The van der Waals surface area contributed by atoms with Crippen molar-refractivity contribution in [1.29, 1.82) is 0 Å². The van der Waals surface area contributed by atoms with Gasteiger partial charge in [0.2, 0.25) is 0 Å². The molecule has 0 bridgehead atoms. The van der Waals surface area contributed by atoms with Crippen LogP contribution in [0.2, 0.25) is 0 Å². The van der Waals surface area contributed by atoms with Gasteiger partial charge in [0.25, 0.3) is 0 Å². The monoisotopic (exact) mass is 249 g/mol. The highest BCUT2D eigenvalue weighted by molar-refractivity contribution is 5.35. The van der Waals surface area contributed by atoms with Crippen LogP contribution in [0.3, 0.4) is 0 Å². The molecule has 1 N–H and O–H groups in total. The van der Waals surface area contributed by atoms with Crippen LogP contribution >= 0.6 is 0 Å². The molecule has 0 aliphatic rings. The molecule has 2 nitrogen and oxygen atoms in total. The summed E-state index contributed by atoms with van der Waals surface area (Å²) in [5.74, 6) is 1.72. The van der Waals surface area contributed by atoms with Crippen molar-refractivity contribution in [2.24, 2.45) is 5.92 Å². The molecule has 1 aromatic carbocycles. The second-order valence-electron chi connectivity index (χ2n) is 5.39. The molecule has 0 saturated carbocycles. The number of para-hydroxylation sites is 1. The van der Waals surface area contributed by atoms with E-state index in [0.29, 0.717) is 18.7 Å². The molecule has 1 rings (SSSR count). The molecule has 0 amide bonds. The quantitative estimate of drug-likeness (QED) is 0.783. The summed E-state index contributed by atoms with van der Waals surface area (Å²) in [7, 11) is 0. The van der Waals surface area contributed by atoms with E-state index in [4.69, 9.17) is 4.74 Å². The zero-order valence-electron chi connectivity index (χ0n) is 12.4. The first-order chi connectivity index (χ1) is 8.54. The molecule has 2 atom stereocenters. The minimum Gasteiger partial charge on any atom is -0.494 e. The smallest absolute Gasteiger partial charge is 0.124 e. The zero-order chi connectivity index (χ0) is 13.5. The third-order valence-electron chi connectivity index (χ3n) is 3.04. The van der Waals surface area contributed by atoms with Crippen molar-refractivity contribution < 1.29 is 4.74 Å². The molecule has 2 heteroatoms. The zero-order valence-corrected chi connectivity index (χ0v) is 12.4. The lowest BCUT2D eigenvalue weighted by Crippen LogP contribution is -2.30. The predicted octanol–water partition coefficient (Wildman–Crippen LogP) is 4.17. The number of rotatable bonds is 7. The summed E-state index contributed by atoms with van der Waals surface area (Å²) < 4.78 is 5.68. The van der Waals surface area contributed by atoms with Gasteiger partial charge >= 0.3 is 0 Å². The lowest BCUT2D eigenvalue weighted by molar-refractivity contribution is 0.328. The maximum absolute atomic E-state index is 5.68. The molecular weight excluding hydrogens is 222 g/mol. The average molecular weight is 249 g/mol. The van der Waals surface area contributed by atoms with Crippen molar-refractivity contribution in [3.63, 3.8) is 0 Å². The fraction of sp³-hybridized carbons (Fsp3) is 0.625. The van der Waals surface area contributed by atoms with Crippen LogP contribution in [0.1, 0.15) is 52.6 Å². The van der Waals surface area contributed by atoms with E-state index in [2.05, 4.69) is 45.1 Å². The SMILES string of the molecule is CCOc1ccccc1C(C)NC(C)CC(C)C. The maximum atomic E-state index is 5.68. The Morgan fingerprint density at radius 2 is 1.78 bits per heavy atom. The van der Waals surface area contributed by atoms with Gasteiger partial charge in [-0.2, -0.15) is 0 Å². The summed E-state index contributed by atoms with van der Waals surface area (Å²) >= 11 is 0. The Hall–Kier alpha value is -1.02. The fourth-order valence-corrected chi connectivity index (χ4v) is 2.42. The van der Waals surface area contributed by atoms with Gasteiger partial charge in [-0.3, -0.25) is 0 Å². The highest BCUT2D eigenvalue weighted by atomic mass is 16.5.